The van der Waals surface area contributed by atoms with Crippen molar-refractivity contribution in [1.82, 2.24) is 10.6 Å². The molecule has 0 aromatic carbocycles. The van der Waals surface area contributed by atoms with E-state index in [2.05, 4.69) is 10.6 Å². The fourth-order valence-electron chi connectivity index (χ4n) is 1.47. The standard InChI is InChI=1S/C9H18N2O/c1-2-5-9(12)11-8-6-3-4-7-10-8/h8,10H,2-7H2,1H3,(H,11,12). The normalized spacial score (nSPS) is 23.6. The van der Waals surface area contributed by atoms with E-state index in [0.29, 0.717) is 6.42 Å². The first-order valence-corrected chi connectivity index (χ1v) is 4.85. The van der Waals surface area contributed by atoms with Crippen LogP contribution < -0.4 is 10.6 Å². The summed E-state index contributed by atoms with van der Waals surface area (Å²) in [5, 5.41) is 6.25. The van der Waals surface area contributed by atoms with Crippen LogP contribution in [0.15, 0.2) is 0 Å². The Morgan fingerprint density at radius 2 is 2.42 bits per heavy atom. The second kappa shape index (κ2) is 5.14. The zero-order valence-corrected chi connectivity index (χ0v) is 7.73. The molecule has 0 spiro atoms. The molecule has 3 nitrogen and oxygen atoms in total. The number of hydrogen-bond donors (Lipinski definition) is 2. The number of piperidine rings is 1. The van der Waals surface area contributed by atoms with Crippen molar-refractivity contribution in [3.63, 3.8) is 0 Å². The van der Waals surface area contributed by atoms with Gasteiger partial charge in [-0.2, -0.15) is 0 Å². The molecule has 0 aromatic rings. The Kier molecular flexibility index (Phi) is 4.08. The molecular formula is C9H18N2O. The van der Waals surface area contributed by atoms with E-state index in [4.69, 9.17) is 0 Å². The molecule has 1 aliphatic rings. The third-order valence-corrected chi connectivity index (χ3v) is 2.12. The van der Waals surface area contributed by atoms with Gasteiger partial charge in [0, 0.05) is 6.42 Å². The van der Waals surface area contributed by atoms with Gasteiger partial charge in [0.1, 0.15) is 0 Å². The first kappa shape index (κ1) is 9.52. The smallest absolute Gasteiger partial charge is 0.221 e. The zero-order valence-electron chi connectivity index (χ0n) is 7.73. The molecule has 12 heavy (non-hydrogen) atoms. The lowest BCUT2D eigenvalue weighted by Gasteiger charge is -2.24. The Labute approximate surface area is 73.9 Å². The van der Waals surface area contributed by atoms with Gasteiger partial charge >= 0.3 is 0 Å². The van der Waals surface area contributed by atoms with Crippen LogP contribution in [0, 0.1) is 0 Å². The molecular weight excluding hydrogens is 152 g/mol. The molecule has 3 heteroatoms. The van der Waals surface area contributed by atoms with Crippen LogP contribution in [0.5, 0.6) is 0 Å². The van der Waals surface area contributed by atoms with Crippen molar-refractivity contribution in [3.05, 3.63) is 0 Å². The Morgan fingerprint density at radius 1 is 1.58 bits per heavy atom. The summed E-state index contributed by atoms with van der Waals surface area (Å²) < 4.78 is 0. The van der Waals surface area contributed by atoms with Gasteiger partial charge in [0.2, 0.25) is 5.91 Å². The maximum absolute atomic E-state index is 11.2. The van der Waals surface area contributed by atoms with Crippen LogP contribution in [0.25, 0.3) is 0 Å². The maximum atomic E-state index is 11.2. The van der Waals surface area contributed by atoms with E-state index in [-0.39, 0.29) is 12.1 Å². The highest BCUT2D eigenvalue weighted by molar-refractivity contribution is 5.76. The Hall–Kier alpha value is -0.570. The van der Waals surface area contributed by atoms with Crippen LogP contribution in [0.4, 0.5) is 0 Å². The van der Waals surface area contributed by atoms with Crippen molar-refractivity contribution in [1.29, 1.82) is 0 Å². The van der Waals surface area contributed by atoms with Crippen LogP contribution in [-0.4, -0.2) is 18.6 Å². The van der Waals surface area contributed by atoms with E-state index in [0.717, 1.165) is 19.4 Å². The monoisotopic (exact) mass is 170 g/mol. The summed E-state index contributed by atoms with van der Waals surface area (Å²) in [6.07, 6.45) is 5.36. The predicted molar refractivity (Wildman–Crippen MR) is 48.7 cm³/mol. The Bertz CT molecular complexity index is 141. The van der Waals surface area contributed by atoms with Gasteiger partial charge in [-0.15, -0.1) is 0 Å². The van der Waals surface area contributed by atoms with Crippen LogP contribution in [0.3, 0.4) is 0 Å². The highest BCUT2D eigenvalue weighted by Crippen LogP contribution is 2.04. The van der Waals surface area contributed by atoms with E-state index < -0.39 is 0 Å². The summed E-state index contributed by atoms with van der Waals surface area (Å²) in [5.41, 5.74) is 0. The molecule has 0 aromatic heterocycles. The number of hydrogen-bond acceptors (Lipinski definition) is 2. The summed E-state index contributed by atoms with van der Waals surface area (Å²) in [4.78, 5) is 11.2. The highest BCUT2D eigenvalue weighted by atomic mass is 16.1. The third-order valence-electron chi connectivity index (χ3n) is 2.12. The molecule has 1 fully saturated rings. The fraction of sp³-hybridized carbons (Fsp3) is 0.889. The van der Waals surface area contributed by atoms with Gasteiger partial charge in [0.15, 0.2) is 0 Å². The molecule has 1 rings (SSSR count). The average molecular weight is 170 g/mol. The lowest BCUT2D eigenvalue weighted by molar-refractivity contribution is -0.122. The van der Waals surface area contributed by atoms with Crippen molar-refractivity contribution >= 4 is 5.91 Å². The van der Waals surface area contributed by atoms with Crippen LogP contribution in [0.2, 0.25) is 0 Å². The molecule has 1 heterocycles. The molecule has 2 N–H and O–H groups in total. The minimum absolute atomic E-state index is 0.178. The van der Waals surface area contributed by atoms with Crippen molar-refractivity contribution in [2.45, 2.75) is 45.2 Å². The van der Waals surface area contributed by atoms with Gasteiger partial charge in [0.25, 0.3) is 0 Å². The van der Waals surface area contributed by atoms with Gasteiger partial charge in [-0.3, -0.25) is 10.1 Å². The maximum Gasteiger partial charge on any atom is 0.221 e. The van der Waals surface area contributed by atoms with Gasteiger partial charge in [-0.25, -0.2) is 0 Å². The van der Waals surface area contributed by atoms with E-state index in [1.807, 2.05) is 6.92 Å². The van der Waals surface area contributed by atoms with Crippen molar-refractivity contribution in [3.8, 4) is 0 Å². The van der Waals surface area contributed by atoms with Crippen LogP contribution in [-0.2, 0) is 4.79 Å². The van der Waals surface area contributed by atoms with Crippen LogP contribution >= 0.6 is 0 Å². The van der Waals surface area contributed by atoms with Crippen molar-refractivity contribution < 1.29 is 4.79 Å². The fourth-order valence-corrected chi connectivity index (χ4v) is 1.47. The van der Waals surface area contributed by atoms with Gasteiger partial charge < -0.3 is 5.32 Å². The van der Waals surface area contributed by atoms with Crippen molar-refractivity contribution in [2.24, 2.45) is 0 Å². The van der Waals surface area contributed by atoms with E-state index in [1.165, 1.54) is 12.8 Å². The molecule has 0 radical (unpaired) electrons. The number of carbonyl (C=O) groups is 1. The lowest BCUT2D eigenvalue weighted by atomic mass is 10.1. The van der Waals surface area contributed by atoms with Crippen LogP contribution in [0.1, 0.15) is 39.0 Å². The second-order valence-electron chi connectivity index (χ2n) is 3.32. The molecule has 1 amide bonds. The molecule has 1 saturated heterocycles. The topological polar surface area (TPSA) is 41.1 Å². The largest absolute Gasteiger partial charge is 0.341 e. The van der Waals surface area contributed by atoms with Gasteiger partial charge in [0.05, 0.1) is 6.17 Å². The second-order valence-corrected chi connectivity index (χ2v) is 3.32. The quantitative estimate of drug-likeness (QED) is 0.663. The summed E-state index contributed by atoms with van der Waals surface area (Å²) >= 11 is 0. The first-order valence-electron chi connectivity index (χ1n) is 4.85. The molecule has 1 atom stereocenters. The molecule has 1 aliphatic heterocycles. The molecule has 0 aliphatic carbocycles. The number of rotatable bonds is 3. The minimum Gasteiger partial charge on any atom is -0.341 e. The molecule has 1 unspecified atom stereocenters. The zero-order chi connectivity index (χ0) is 8.81. The molecule has 0 bridgehead atoms. The Balaban J connectivity index is 2.15. The molecule has 70 valence electrons. The summed E-state index contributed by atoms with van der Waals surface area (Å²) in [5.74, 6) is 0.178. The number of amides is 1. The lowest BCUT2D eigenvalue weighted by Crippen LogP contribution is -2.47. The first-order chi connectivity index (χ1) is 5.83. The average Bonchev–Trinajstić information content (AvgIpc) is 2.06. The SMILES string of the molecule is CCCC(=O)NC1CCCCN1. The van der Waals surface area contributed by atoms with E-state index >= 15 is 0 Å². The van der Waals surface area contributed by atoms with Gasteiger partial charge in [-0.1, -0.05) is 6.92 Å². The van der Waals surface area contributed by atoms with Crippen molar-refractivity contribution in [2.75, 3.05) is 6.54 Å². The van der Waals surface area contributed by atoms with Gasteiger partial charge in [-0.05, 0) is 32.2 Å². The highest BCUT2D eigenvalue weighted by Gasteiger charge is 2.13. The Morgan fingerprint density at radius 3 is 3.00 bits per heavy atom. The minimum atomic E-state index is 0.178. The third kappa shape index (κ3) is 3.22. The predicted octanol–water partition coefficient (Wildman–Crippen LogP) is 1.00. The van der Waals surface area contributed by atoms with E-state index in [9.17, 15) is 4.79 Å². The summed E-state index contributed by atoms with van der Waals surface area (Å²) in [6, 6.07) is 0. The number of carbonyl (C=O) groups excluding carboxylic acids is 1. The summed E-state index contributed by atoms with van der Waals surface area (Å²) in [7, 11) is 0. The number of nitrogens with one attached hydrogen (secondary N) is 2. The summed E-state index contributed by atoms with van der Waals surface area (Å²) in [6.45, 7) is 3.06. The van der Waals surface area contributed by atoms with E-state index in [1.54, 1.807) is 0 Å². The molecule has 0 saturated carbocycles.